The molecule has 0 aromatic heterocycles. The number of carbonyl (C=O) groups excluding carboxylic acids is 1. The Morgan fingerprint density at radius 3 is 2.62 bits per heavy atom. The molecule has 0 radical (unpaired) electrons. The zero-order chi connectivity index (χ0) is 15.4. The van der Waals surface area contributed by atoms with Crippen molar-refractivity contribution in [2.45, 2.75) is 26.1 Å². The van der Waals surface area contributed by atoms with Crippen LogP contribution in [-0.2, 0) is 9.53 Å². The summed E-state index contributed by atoms with van der Waals surface area (Å²) in [4.78, 5) is 21.4. The van der Waals surface area contributed by atoms with Crippen LogP contribution in [0, 0.1) is 17.0 Å². The second-order valence-corrected chi connectivity index (χ2v) is 4.10. The molecule has 7 nitrogen and oxygen atoms in total. The van der Waals surface area contributed by atoms with Gasteiger partial charge in [-0.15, -0.1) is 12.4 Å². The number of esters is 1. The van der Waals surface area contributed by atoms with Crippen LogP contribution in [0.15, 0.2) is 12.1 Å². The maximum Gasteiger partial charge on any atom is 0.342 e. The van der Waals surface area contributed by atoms with Gasteiger partial charge >= 0.3 is 5.97 Å². The molecule has 1 unspecified atom stereocenters. The maximum absolute atomic E-state index is 13.9. The third-order valence-electron chi connectivity index (χ3n) is 2.75. The van der Waals surface area contributed by atoms with Crippen molar-refractivity contribution in [2.24, 2.45) is 5.73 Å². The SMILES string of the molecule is CCOC(=O)C(F)[C@H](N)c1c([N+](=O)[O-])ccc(C)c1O.Cl. The first-order chi connectivity index (χ1) is 9.31. The van der Waals surface area contributed by atoms with E-state index in [1.165, 1.54) is 19.9 Å². The average molecular weight is 323 g/mol. The topological polar surface area (TPSA) is 116 Å². The minimum Gasteiger partial charge on any atom is -0.507 e. The zero-order valence-electron chi connectivity index (χ0n) is 11.4. The number of benzene rings is 1. The molecule has 0 aliphatic rings. The molecule has 0 bridgehead atoms. The lowest BCUT2D eigenvalue weighted by molar-refractivity contribution is -0.385. The van der Waals surface area contributed by atoms with Crippen molar-refractivity contribution in [2.75, 3.05) is 6.61 Å². The van der Waals surface area contributed by atoms with Crippen LogP contribution in [0.3, 0.4) is 0 Å². The number of hydrogen-bond acceptors (Lipinski definition) is 6. The predicted molar refractivity (Wildman–Crippen MR) is 75.2 cm³/mol. The normalized spacial score (nSPS) is 13.0. The van der Waals surface area contributed by atoms with Gasteiger partial charge in [-0.3, -0.25) is 10.1 Å². The number of halogens is 2. The number of carbonyl (C=O) groups is 1. The van der Waals surface area contributed by atoms with Gasteiger partial charge in [-0.1, -0.05) is 0 Å². The number of phenolic OH excluding ortho intramolecular Hbond substituents is 1. The minimum absolute atomic E-state index is 0. The number of phenols is 1. The third-order valence-corrected chi connectivity index (χ3v) is 2.75. The summed E-state index contributed by atoms with van der Waals surface area (Å²) in [6.45, 7) is 2.92. The second-order valence-electron chi connectivity index (χ2n) is 4.10. The van der Waals surface area contributed by atoms with Crippen molar-refractivity contribution >= 4 is 24.1 Å². The van der Waals surface area contributed by atoms with Gasteiger partial charge in [0.2, 0.25) is 6.17 Å². The number of nitro groups is 1. The van der Waals surface area contributed by atoms with Crippen molar-refractivity contribution in [3.63, 3.8) is 0 Å². The van der Waals surface area contributed by atoms with Gasteiger partial charge in [-0.2, -0.15) is 0 Å². The van der Waals surface area contributed by atoms with Crippen molar-refractivity contribution in [1.29, 1.82) is 0 Å². The van der Waals surface area contributed by atoms with Crippen LogP contribution in [0.1, 0.15) is 24.1 Å². The molecule has 1 aromatic carbocycles. The van der Waals surface area contributed by atoms with Gasteiger partial charge in [0.15, 0.2) is 0 Å². The summed E-state index contributed by atoms with van der Waals surface area (Å²) in [5, 5.41) is 20.8. The number of nitrogens with two attached hydrogens (primary N) is 1. The van der Waals surface area contributed by atoms with Crippen molar-refractivity contribution in [3.8, 4) is 5.75 Å². The molecule has 0 fully saturated rings. The van der Waals surface area contributed by atoms with Gasteiger partial charge in [0.25, 0.3) is 5.69 Å². The fraction of sp³-hybridized carbons (Fsp3) is 0.417. The van der Waals surface area contributed by atoms with Crippen LogP contribution in [0.25, 0.3) is 0 Å². The molecule has 0 aliphatic heterocycles. The molecule has 118 valence electrons. The fourth-order valence-corrected chi connectivity index (χ4v) is 1.71. The molecule has 2 atom stereocenters. The predicted octanol–water partition coefficient (Wildman–Crippen LogP) is 1.93. The summed E-state index contributed by atoms with van der Waals surface area (Å²) < 4.78 is 18.4. The van der Waals surface area contributed by atoms with Gasteiger partial charge in [-0.25, -0.2) is 9.18 Å². The molecule has 0 spiro atoms. The van der Waals surface area contributed by atoms with E-state index in [1.54, 1.807) is 0 Å². The minimum atomic E-state index is -2.30. The van der Waals surface area contributed by atoms with Gasteiger partial charge in [0.1, 0.15) is 5.75 Å². The van der Waals surface area contributed by atoms with Crippen LogP contribution in [0.5, 0.6) is 5.75 Å². The molecule has 9 heteroatoms. The largest absolute Gasteiger partial charge is 0.507 e. The van der Waals surface area contributed by atoms with Crippen molar-refractivity contribution in [3.05, 3.63) is 33.4 Å². The number of nitrogens with zero attached hydrogens (tertiary/aromatic N) is 1. The van der Waals surface area contributed by atoms with E-state index in [-0.39, 0.29) is 24.6 Å². The highest BCUT2D eigenvalue weighted by Crippen LogP contribution is 2.36. The molecule has 1 aromatic rings. The van der Waals surface area contributed by atoms with Crippen LogP contribution in [-0.4, -0.2) is 28.8 Å². The third kappa shape index (κ3) is 4.02. The lowest BCUT2D eigenvalue weighted by atomic mass is 9.97. The van der Waals surface area contributed by atoms with Crippen molar-refractivity contribution in [1.82, 2.24) is 0 Å². The summed E-state index contributed by atoms with van der Waals surface area (Å²) in [5.41, 5.74) is 4.86. The maximum atomic E-state index is 13.9. The number of rotatable bonds is 5. The van der Waals surface area contributed by atoms with Gasteiger partial charge in [0, 0.05) is 6.07 Å². The number of aryl methyl sites for hydroxylation is 1. The van der Waals surface area contributed by atoms with E-state index in [2.05, 4.69) is 4.74 Å². The standard InChI is InChI=1S/C12H15FN2O5.ClH/c1-3-20-12(17)9(13)10(14)8-7(15(18)19)5-4-6(2)11(8)16;/h4-5,9-10,16H,3,14H2,1-2H3;1H/t9?,10-;/m1./s1. The Labute approximate surface area is 126 Å². The Balaban J connectivity index is 0.00000400. The van der Waals surface area contributed by atoms with E-state index < -0.39 is 40.1 Å². The first-order valence-electron chi connectivity index (χ1n) is 5.84. The fourth-order valence-electron chi connectivity index (χ4n) is 1.71. The second kappa shape index (κ2) is 7.75. The van der Waals surface area contributed by atoms with Gasteiger partial charge in [0.05, 0.1) is 23.1 Å². The number of aromatic hydroxyl groups is 1. The number of nitro benzene ring substituents is 1. The summed E-state index contributed by atoms with van der Waals surface area (Å²) in [5.74, 6) is -1.73. The quantitative estimate of drug-likeness (QED) is 0.486. The van der Waals surface area contributed by atoms with Crippen molar-refractivity contribution < 1.29 is 24.0 Å². The van der Waals surface area contributed by atoms with Gasteiger partial charge in [-0.05, 0) is 25.5 Å². The summed E-state index contributed by atoms with van der Waals surface area (Å²) in [6, 6.07) is 0.720. The molecular formula is C12H16ClFN2O5. The molecule has 0 heterocycles. The summed E-state index contributed by atoms with van der Waals surface area (Å²) in [7, 11) is 0. The van der Waals surface area contributed by atoms with Crippen LogP contribution >= 0.6 is 12.4 Å². The molecule has 0 saturated heterocycles. The number of ether oxygens (including phenoxy) is 1. The highest BCUT2D eigenvalue weighted by atomic mass is 35.5. The Hall–Kier alpha value is -1.93. The number of alkyl halides is 1. The van der Waals surface area contributed by atoms with E-state index >= 15 is 0 Å². The smallest absolute Gasteiger partial charge is 0.342 e. The molecule has 0 amide bonds. The Bertz CT molecular complexity index is 541. The average Bonchev–Trinajstić information content (AvgIpc) is 2.39. The summed E-state index contributed by atoms with van der Waals surface area (Å²) in [6.07, 6.45) is -2.30. The van der Waals surface area contributed by atoms with Gasteiger partial charge < -0.3 is 15.6 Å². The van der Waals surface area contributed by atoms with Crippen LogP contribution < -0.4 is 5.73 Å². The highest BCUT2D eigenvalue weighted by molar-refractivity contribution is 5.85. The Morgan fingerprint density at radius 1 is 1.57 bits per heavy atom. The monoisotopic (exact) mass is 322 g/mol. The molecule has 1 rings (SSSR count). The van der Waals surface area contributed by atoms with Crippen LogP contribution in [0.4, 0.5) is 10.1 Å². The highest BCUT2D eigenvalue weighted by Gasteiger charge is 2.35. The number of hydrogen-bond donors (Lipinski definition) is 2. The first kappa shape index (κ1) is 19.1. The van der Waals surface area contributed by atoms with E-state index in [0.717, 1.165) is 6.07 Å². The lowest BCUT2D eigenvalue weighted by Gasteiger charge is -2.17. The molecular weight excluding hydrogens is 307 g/mol. The molecule has 0 saturated carbocycles. The van der Waals surface area contributed by atoms with E-state index in [4.69, 9.17) is 5.73 Å². The Kier molecular flexibility index (Phi) is 7.04. The first-order valence-corrected chi connectivity index (χ1v) is 5.84. The van der Waals surface area contributed by atoms with Crippen LogP contribution in [0.2, 0.25) is 0 Å². The molecule has 21 heavy (non-hydrogen) atoms. The molecule has 3 N–H and O–H groups in total. The zero-order valence-corrected chi connectivity index (χ0v) is 12.2. The van der Waals surface area contributed by atoms with E-state index in [9.17, 15) is 24.4 Å². The summed E-state index contributed by atoms with van der Waals surface area (Å²) >= 11 is 0. The lowest BCUT2D eigenvalue weighted by Crippen LogP contribution is -2.32. The Morgan fingerprint density at radius 2 is 2.14 bits per heavy atom. The van der Waals surface area contributed by atoms with E-state index in [0.29, 0.717) is 0 Å². The van der Waals surface area contributed by atoms with E-state index in [1.807, 2.05) is 0 Å². The molecule has 0 aliphatic carbocycles.